The molecule has 3 aromatic rings. The molecule has 1 amide bonds. The molecule has 0 aromatic heterocycles. The highest BCUT2D eigenvalue weighted by molar-refractivity contribution is 6.02. The van der Waals surface area contributed by atoms with Crippen LogP contribution in [0, 0.1) is 5.92 Å². The van der Waals surface area contributed by atoms with Crippen molar-refractivity contribution in [2.24, 2.45) is 5.92 Å². The van der Waals surface area contributed by atoms with Crippen LogP contribution in [0.25, 0.3) is 10.8 Å². The van der Waals surface area contributed by atoms with Gasteiger partial charge in [0.15, 0.2) is 0 Å². The van der Waals surface area contributed by atoms with Crippen molar-refractivity contribution in [2.75, 3.05) is 19.6 Å². The fourth-order valence-electron chi connectivity index (χ4n) is 4.81. The first-order valence-corrected chi connectivity index (χ1v) is 10.3. The molecule has 0 aliphatic carbocycles. The molecule has 2 aliphatic rings. The maximum absolute atomic E-state index is 13.0. The van der Waals surface area contributed by atoms with Crippen molar-refractivity contribution in [3.8, 4) is 0 Å². The highest BCUT2D eigenvalue weighted by atomic mass is 16.2. The third kappa shape index (κ3) is 3.43. The Morgan fingerprint density at radius 2 is 1.68 bits per heavy atom. The van der Waals surface area contributed by atoms with Gasteiger partial charge < -0.3 is 4.90 Å². The number of rotatable bonds is 4. The first kappa shape index (κ1) is 17.4. The molecule has 142 valence electrons. The monoisotopic (exact) mass is 370 g/mol. The van der Waals surface area contributed by atoms with E-state index in [1.807, 2.05) is 6.07 Å². The molecule has 5 rings (SSSR count). The molecule has 0 N–H and O–H groups in total. The molecular formula is C25H26N2O. The third-order valence-electron chi connectivity index (χ3n) is 6.18. The van der Waals surface area contributed by atoms with Crippen LogP contribution in [-0.2, 0) is 13.1 Å². The summed E-state index contributed by atoms with van der Waals surface area (Å²) in [5.74, 6) is 0.770. The Balaban J connectivity index is 1.27. The number of amides is 1. The van der Waals surface area contributed by atoms with Crippen molar-refractivity contribution >= 4 is 16.7 Å². The van der Waals surface area contributed by atoms with Gasteiger partial charge in [-0.2, -0.15) is 0 Å². The van der Waals surface area contributed by atoms with Gasteiger partial charge in [0.25, 0.3) is 5.91 Å². The van der Waals surface area contributed by atoms with Gasteiger partial charge in [-0.15, -0.1) is 0 Å². The van der Waals surface area contributed by atoms with Crippen LogP contribution in [0.2, 0.25) is 0 Å². The van der Waals surface area contributed by atoms with Crippen molar-refractivity contribution in [2.45, 2.75) is 25.9 Å². The van der Waals surface area contributed by atoms with Crippen molar-refractivity contribution in [3.63, 3.8) is 0 Å². The zero-order valence-corrected chi connectivity index (χ0v) is 16.2. The molecule has 1 saturated heterocycles. The lowest BCUT2D eigenvalue weighted by molar-refractivity contribution is 0.0697. The van der Waals surface area contributed by atoms with Crippen molar-refractivity contribution in [3.05, 3.63) is 83.4 Å². The maximum atomic E-state index is 13.0. The summed E-state index contributed by atoms with van der Waals surface area (Å²) in [6.45, 7) is 4.88. The second-order valence-corrected chi connectivity index (χ2v) is 8.27. The van der Waals surface area contributed by atoms with Gasteiger partial charge in [0.05, 0.1) is 0 Å². The highest BCUT2D eigenvalue weighted by Gasteiger charge is 2.31. The standard InChI is InChI=1S/C25H26N2O/c28-25-24-14-22-11-5-4-10-21(22)13-23(24)18-27(25)17-20-9-6-12-26(16-20)15-19-7-2-1-3-8-19/h1-5,7-8,10-11,13-14,20H,6,9,12,15-18H2. The number of hydrogen-bond donors (Lipinski definition) is 0. The maximum Gasteiger partial charge on any atom is 0.254 e. The minimum Gasteiger partial charge on any atom is -0.334 e. The van der Waals surface area contributed by atoms with E-state index >= 15 is 0 Å². The number of carbonyl (C=O) groups is 1. The second-order valence-electron chi connectivity index (χ2n) is 8.27. The first-order valence-electron chi connectivity index (χ1n) is 10.3. The minimum absolute atomic E-state index is 0.209. The fraction of sp³-hybridized carbons (Fsp3) is 0.320. The van der Waals surface area contributed by atoms with E-state index in [1.165, 1.54) is 29.4 Å². The van der Waals surface area contributed by atoms with Crippen LogP contribution in [0.3, 0.4) is 0 Å². The summed E-state index contributed by atoms with van der Waals surface area (Å²) in [7, 11) is 0. The molecule has 2 heterocycles. The number of piperidine rings is 1. The van der Waals surface area contributed by atoms with E-state index in [1.54, 1.807) is 0 Å². The van der Waals surface area contributed by atoms with Gasteiger partial charge in [-0.05, 0) is 59.3 Å². The molecule has 2 aliphatic heterocycles. The fourth-order valence-corrected chi connectivity index (χ4v) is 4.81. The molecule has 0 saturated carbocycles. The van der Waals surface area contributed by atoms with E-state index < -0.39 is 0 Å². The van der Waals surface area contributed by atoms with Crippen LogP contribution >= 0.6 is 0 Å². The zero-order valence-electron chi connectivity index (χ0n) is 16.2. The van der Waals surface area contributed by atoms with Crippen LogP contribution in [0.15, 0.2) is 66.7 Å². The molecule has 0 radical (unpaired) electrons. The predicted molar refractivity (Wildman–Crippen MR) is 113 cm³/mol. The lowest BCUT2D eigenvalue weighted by Crippen LogP contribution is -2.40. The Hall–Kier alpha value is -2.65. The minimum atomic E-state index is 0.209. The van der Waals surface area contributed by atoms with Crippen LogP contribution in [0.1, 0.15) is 34.3 Å². The van der Waals surface area contributed by atoms with Gasteiger partial charge in [-0.1, -0.05) is 54.6 Å². The van der Waals surface area contributed by atoms with Gasteiger partial charge in [-0.25, -0.2) is 0 Å². The Kier molecular flexibility index (Phi) is 4.61. The van der Waals surface area contributed by atoms with Crippen molar-refractivity contribution in [1.29, 1.82) is 0 Å². The Morgan fingerprint density at radius 3 is 2.50 bits per heavy atom. The largest absolute Gasteiger partial charge is 0.334 e. The zero-order chi connectivity index (χ0) is 18.9. The molecule has 3 heteroatoms. The summed E-state index contributed by atoms with van der Waals surface area (Å²) in [6, 6.07) is 23.3. The number of carbonyl (C=O) groups excluding carboxylic acids is 1. The summed E-state index contributed by atoms with van der Waals surface area (Å²) >= 11 is 0. The van der Waals surface area contributed by atoms with E-state index in [2.05, 4.69) is 70.5 Å². The Bertz CT molecular complexity index is 998. The molecule has 1 atom stereocenters. The highest BCUT2D eigenvalue weighted by Crippen LogP contribution is 2.30. The number of fused-ring (bicyclic) bond motifs is 2. The molecule has 1 fully saturated rings. The van der Waals surface area contributed by atoms with Crippen molar-refractivity contribution < 1.29 is 4.79 Å². The quantitative estimate of drug-likeness (QED) is 0.664. The van der Waals surface area contributed by atoms with E-state index in [4.69, 9.17) is 0 Å². The second kappa shape index (κ2) is 7.40. The molecule has 3 nitrogen and oxygen atoms in total. The molecule has 3 aromatic carbocycles. The number of nitrogens with zero attached hydrogens (tertiary/aromatic N) is 2. The smallest absolute Gasteiger partial charge is 0.254 e. The normalized spacial score (nSPS) is 19.9. The summed E-state index contributed by atoms with van der Waals surface area (Å²) in [4.78, 5) is 17.6. The Labute approximate surface area is 166 Å². The lowest BCUT2D eigenvalue weighted by Gasteiger charge is -2.34. The van der Waals surface area contributed by atoms with Gasteiger partial charge in [0.1, 0.15) is 0 Å². The molecule has 28 heavy (non-hydrogen) atoms. The molecule has 0 spiro atoms. The lowest BCUT2D eigenvalue weighted by atomic mass is 9.97. The SMILES string of the molecule is O=C1c2cc3ccccc3cc2CN1CC1CCCN(Cc2ccccc2)C1. The van der Waals surface area contributed by atoms with Gasteiger partial charge in [0, 0.05) is 31.7 Å². The summed E-state index contributed by atoms with van der Waals surface area (Å²) in [6.07, 6.45) is 2.43. The Morgan fingerprint density at radius 1 is 0.929 bits per heavy atom. The van der Waals surface area contributed by atoms with E-state index in [0.717, 1.165) is 43.7 Å². The van der Waals surface area contributed by atoms with Crippen LogP contribution < -0.4 is 0 Å². The average Bonchev–Trinajstić information content (AvgIpc) is 3.02. The third-order valence-corrected chi connectivity index (χ3v) is 6.18. The van der Waals surface area contributed by atoms with Gasteiger partial charge >= 0.3 is 0 Å². The average molecular weight is 370 g/mol. The molecular weight excluding hydrogens is 344 g/mol. The predicted octanol–water partition coefficient (Wildman–Crippen LogP) is 4.71. The number of hydrogen-bond acceptors (Lipinski definition) is 2. The summed E-state index contributed by atoms with van der Waals surface area (Å²) in [5, 5.41) is 2.38. The molecule has 1 unspecified atom stereocenters. The number of benzene rings is 3. The van der Waals surface area contributed by atoms with Gasteiger partial charge in [-0.3, -0.25) is 9.69 Å². The summed E-state index contributed by atoms with van der Waals surface area (Å²) in [5.41, 5.74) is 3.45. The van der Waals surface area contributed by atoms with E-state index in [9.17, 15) is 4.79 Å². The topological polar surface area (TPSA) is 23.6 Å². The van der Waals surface area contributed by atoms with Crippen LogP contribution in [0.4, 0.5) is 0 Å². The van der Waals surface area contributed by atoms with Gasteiger partial charge in [0.2, 0.25) is 0 Å². The van der Waals surface area contributed by atoms with E-state index in [0.29, 0.717) is 5.92 Å². The molecule has 0 bridgehead atoms. The first-order chi connectivity index (χ1) is 13.8. The summed E-state index contributed by atoms with van der Waals surface area (Å²) < 4.78 is 0. The van der Waals surface area contributed by atoms with E-state index in [-0.39, 0.29) is 5.91 Å². The number of likely N-dealkylation sites (tertiary alicyclic amines) is 1. The van der Waals surface area contributed by atoms with Crippen molar-refractivity contribution in [1.82, 2.24) is 9.80 Å². The van der Waals surface area contributed by atoms with Crippen LogP contribution in [-0.4, -0.2) is 35.3 Å². The van der Waals surface area contributed by atoms with Crippen LogP contribution in [0.5, 0.6) is 0 Å².